The molecule has 0 aromatic carbocycles. The first-order chi connectivity index (χ1) is 12.8. The zero-order valence-electron chi connectivity index (χ0n) is 14.7. The van der Waals surface area contributed by atoms with Gasteiger partial charge in [0.2, 0.25) is 5.95 Å². The van der Waals surface area contributed by atoms with Crippen LogP contribution in [0.4, 0.5) is 17.6 Å². The van der Waals surface area contributed by atoms with Gasteiger partial charge in [-0.15, -0.1) is 0 Å². The Balaban J connectivity index is 1.55. The summed E-state index contributed by atoms with van der Waals surface area (Å²) in [6.07, 6.45) is 7.46. The molecule has 26 heavy (non-hydrogen) atoms. The quantitative estimate of drug-likeness (QED) is 0.777. The minimum atomic E-state index is 0.261. The molecule has 1 saturated heterocycles. The monoisotopic (exact) mass is 347 g/mol. The number of aryl methyl sites for hydroxylation is 1. The first kappa shape index (κ1) is 16.4. The van der Waals surface area contributed by atoms with E-state index in [1.54, 1.807) is 18.6 Å². The number of pyridine rings is 1. The molecule has 0 bridgehead atoms. The lowest BCUT2D eigenvalue weighted by Crippen LogP contribution is -2.36. The van der Waals surface area contributed by atoms with Gasteiger partial charge >= 0.3 is 0 Å². The van der Waals surface area contributed by atoms with Crippen LogP contribution in [0.25, 0.3) is 0 Å². The van der Waals surface area contributed by atoms with Crippen molar-refractivity contribution < 1.29 is 0 Å². The van der Waals surface area contributed by atoms with Crippen LogP contribution in [0.5, 0.6) is 0 Å². The Bertz CT molecular complexity index is 854. The van der Waals surface area contributed by atoms with Crippen molar-refractivity contribution in [3.63, 3.8) is 0 Å². The molecule has 0 spiro atoms. The fourth-order valence-corrected chi connectivity index (χ4v) is 3.23. The summed E-state index contributed by atoms with van der Waals surface area (Å²) >= 11 is 0. The smallest absolute Gasteiger partial charge is 0.225 e. The van der Waals surface area contributed by atoms with Gasteiger partial charge in [-0.1, -0.05) is 6.07 Å². The van der Waals surface area contributed by atoms with Crippen molar-refractivity contribution in [2.75, 3.05) is 23.3 Å². The average Bonchev–Trinajstić information content (AvgIpc) is 2.69. The van der Waals surface area contributed by atoms with Crippen molar-refractivity contribution in [2.45, 2.75) is 25.7 Å². The lowest BCUT2D eigenvalue weighted by Gasteiger charge is -2.32. The Morgan fingerprint density at radius 1 is 1.00 bits per heavy atom. The van der Waals surface area contributed by atoms with Crippen LogP contribution in [-0.2, 0) is 0 Å². The summed E-state index contributed by atoms with van der Waals surface area (Å²) in [6, 6.07) is 9.54. The maximum absolute atomic E-state index is 4.75. The normalized spacial score (nSPS) is 17.1. The van der Waals surface area contributed by atoms with Crippen molar-refractivity contribution >= 4 is 17.6 Å². The minimum absolute atomic E-state index is 0.261. The second-order valence-corrected chi connectivity index (χ2v) is 6.43. The van der Waals surface area contributed by atoms with Gasteiger partial charge in [0.05, 0.1) is 0 Å². The van der Waals surface area contributed by atoms with Crippen LogP contribution in [0.15, 0.2) is 48.9 Å². The first-order valence-electron chi connectivity index (χ1n) is 8.83. The molecule has 0 aliphatic carbocycles. The zero-order chi connectivity index (χ0) is 17.8. The van der Waals surface area contributed by atoms with Crippen molar-refractivity contribution in [1.29, 1.82) is 0 Å². The van der Waals surface area contributed by atoms with Crippen LogP contribution in [0, 0.1) is 6.92 Å². The highest BCUT2D eigenvalue weighted by Crippen LogP contribution is 2.27. The van der Waals surface area contributed by atoms with Crippen LogP contribution in [0.3, 0.4) is 0 Å². The van der Waals surface area contributed by atoms with Crippen LogP contribution in [-0.4, -0.2) is 38.0 Å². The third-order valence-corrected chi connectivity index (χ3v) is 4.41. The molecule has 3 aromatic rings. The molecule has 1 aliphatic rings. The van der Waals surface area contributed by atoms with Crippen LogP contribution in [0.2, 0.25) is 0 Å². The molecule has 1 fully saturated rings. The number of rotatable bonds is 4. The van der Waals surface area contributed by atoms with E-state index in [1.807, 2.05) is 37.3 Å². The molecular formula is C19H21N7. The van der Waals surface area contributed by atoms with Gasteiger partial charge in [-0.2, -0.15) is 0 Å². The predicted octanol–water partition coefficient (Wildman–Crippen LogP) is 3.10. The molecule has 7 heteroatoms. The molecule has 1 aliphatic heterocycles. The van der Waals surface area contributed by atoms with Gasteiger partial charge in [0, 0.05) is 49.4 Å². The highest BCUT2D eigenvalue weighted by molar-refractivity contribution is 5.51. The van der Waals surface area contributed by atoms with Gasteiger partial charge < -0.3 is 10.2 Å². The van der Waals surface area contributed by atoms with Crippen molar-refractivity contribution in [2.24, 2.45) is 0 Å². The Morgan fingerprint density at radius 2 is 1.85 bits per heavy atom. The van der Waals surface area contributed by atoms with Gasteiger partial charge in [0.15, 0.2) is 0 Å². The molecule has 4 heterocycles. The van der Waals surface area contributed by atoms with Gasteiger partial charge in [-0.3, -0.25) is 0 Å². The molecule has 0 radical (unpaired) electrons. The summed E-state index contributed by atoms with van der Waals surface area (Å²) in [5.74, 6) is 3.45. The van der Waals surface area contributed by atoms with E-state index in [1.165, 1.54) is 0 Å². The maximum atomic E-state index is 4.75. The first-order valence-corrected chi connectivity index (χ1v) is 8.83. The highest BCUT2D eigenvalue weighted by atomic mass is 15.3. The topological polar surface area (TPSA) is 79.7 Å². The predicted molar refractivity (Wildman–Crippen MR) is 101 cm³/mol. The molecule has 0 amide bonds. The molecule has 1 atom stereocenters. The summed E-state index contributed by atoms with van der Waals surface area (Å²) in [5, 5.41) is 3.27. The van der Waals surface area contributed by atoms with E-state index in [2.05, 4.69) is 30.2 Å². The molecule has 7 nitrogen and oxygen atoms in total. The standard InChI is InChI=1S/C19H21N7/c1-14-12-17(24-16-7-2-3-8-20-16)25-18(23-14)15-6-4-11-26(13-15)19-21-9-5-10-22-19/h2-3,5,7-10,12,15H,4,6,11,13H2,1H3,(H,20,23,24,25)/t15-/m0/s1. The molecule has 3 aromatic heterocycles. The second-order valence-electron chi connectivity index (χ2n) is 6.43. The van der Waals surface area contributed by atoms with E-state index in [9.17, 15) is 0 Å². The Morgan fingerprint density at radius 3 is 2.65 bits per heavy atom. The number of piperidine rings is 1. The van der Waals surface area contributed by atoms with E-state index < -0.39 is 0 Å². The number of aromatic nitrogens is 5. The Hall–Kier alpha value is -3.09. The van der Waals surface area contributed by atoms with Gasteiger partial charge in [-0.05, 0) is 38.0 Å². The summed E-state index contributed by atoms with van der Waals surface area (Å²) in [4.78, 5) is 24.7. The number of anilines is 3. The summed E-state index contributed by atoms with van der Waals surface area (Å²) in [5.41, 5.74) is 0.946. The third-order valence-electron chi connectivity index (χ3n) is 4.41. The van der Waals surface area contributed by atoms with Gasteiger partial charge in [-0.25, -0.2) is 24.9 Å². The van der Waals surface area contributed by atoms with E-state index >= 15 is 0 Å². The third kappa shape index (κ3) is 3.77. The lowest BCUT2D eigenvalue weighted by molar-refractivity contribution is 0.485. The van der Waals surface area contributed by atoms with Crippen molar-refractivity contribution in [3.05, 3.63) is 60.4 Å². The van der Waals surface area contributed by atoms with Crippen molar-refractivity contribution in [3.8, 4) is 0 Å². The molecule has 4 rings (SSSR count). The fraction of sp³-hybridized carbons (Fsp3) is 0.316. The zero-order valence-corrected chi connectivity index (χ0v) is 14.7. The lowest BCUT2D eigenvalue weighted by atomic mass is 9.97. The summed E-state index contributed by atoms with van der Waals surface area (Å²) < 4.78 is 0. The van der Waals surface area contributed by atoms with E-state index in [0.29, 0.717) is 0 Å². The highest BCUT2D eigenvalue weighted by Gasteiger charge is 2.25. The number of nitrogens with one attached hydrogen (secondary N) is 1. The SMILES string of the molecule is Cc1cc(Nc2ccccn2)nc([C@H]2CCCN(c3ncccn3)C2)n1. The van der Waals surface area contributed by atoms with Crippen LogP contribution in [0.1, 0.15) is 30.3 Å². The molecular weight excluding hydrogens is 326 g/mol. The number of hydrogen-bond acceptors (Lipinski definition) is 7. The summed E-state index contributed by atoms with van der Waals surface area (Å²) in [7, 11) is 0. The van der Waals surface area contributed by atoms with Gasteiger partial charge in [0.25, 0.3) is 0 Å². The van der Waals surface area contributed by atoms with Gasteiger partial charge in [0.1, 0.15) is 17.5 Å². The molecule has 0 unspecified atom stereocenters. The summed E-state index contributed by atoms with van der Waals surface area (Å²) in [6.45, 7) is 3.79. The van der Waals surface area contributed by atoms with E-state index in [-0.39, 0.29) is 5.92 Å². The average molecular weight is 347 g/mol. The second kappa shape index (κ2) is 7.43. The Labute approximate surface area is 152 Å². The minimum Gasteiger partial charge on any atom is -0.340 e. The molecule has 1 N–H and O–H groups in total. The fourth-order valence-electron chi connectivity index (χ4n) is 3.23. The Kier molecular flexibility index (Phi) is 4.68. The largest absolute Gasteiger partial charge is 0.340 e. The van der Waals surface area contributed by atoms with E-state index in [4.69, 9.17) is 4.98 Å². The molecule has 0 saturated carbocycles. The maximum Gasteiger partial charge on any atom is 0.225 e. The van der Waals surface area contributed by atoms with Crippen LogP contribution < -0.4 is 10.2 Å². The number of hydrogen-bond donors (Lipinski definition) is 1. The van der Waals surface area contributed by atoms with Crippen LogP contribution >= 0.6 is 0 Å². The van der Waals surface area contributed by atoms with Crippen molar-refractivity contribution in [1.82, 2.24) is 24.9 Å². The molecule has 132 valence electrons. The number of nitrogens with zero attached hydrogens (tertiary/aromatic N) is 6. The van der Waals surface area contributed by atoms with E-state index in [0.717, 1.165) is 55.0 Å².